The minimum absolute atomic E-state index is 0.170. The van der Waals surface area contributed by atoms with Crippen LogP contribution in [0.25, 0.3) is 0 Å². The first-order valence-corrected chi connectivity index (χ1v) is 8.99. The number of halogens is 1. The van der Waals surface area contributed by atoms with Crippen LogP contribution in [0, 0.1) is 5.92 Å². The molecule has 0 radical (unpaired) electrons. The lowest BCUT2D eigenvalue weighted by Gasteiger charge is -2.23. The van der Waals surface area contributed by atoms with Gasteiger partial charge in [0.1, 0.15) is 5.25 Å². The summed E-state index contributed by atoms with van der Waals surface area (Å²) in [6.07, 6.45) is 2.23. The summed E-state index contributed by atoms with van der Waals surface area (Å²) in [5.41, 5.74) is 0.890. The van der Waals surface area contributed by atoms with E-state index in [1.54, 1.807) is 24.2 Å². The summed E-state index contributed by atoms with van der Waals surface area (Å²) in [6.45, 7) is 0.708. The minimum Gasteiger partial charge on any atom is -0.297 e. The summed E-state index contributed by atoms with van der Waals surface area (Å²) < 4.78 is 27.8. The van der Waals surface area contributed by atoms with Crippen molar-refractivity contribution >= 4 is 21.6 Å². The number of nitrogens with one attached hydrogen (secondary N) is 1. The summed E-state index contributed by atoms with van der Waals surface area (Å²) >= 11 is 5.90. The second-order valence-electron chi connectivity index (χ2n) is 5.71. The van der Waals surface area contributed by atoms with Crippen LogP contribution in [-0.2, 0) is 14.9 Å². The number of hydrogen-bond donors (Lipinski definition) is 1. The SMILES string of the molecule is CN1OCC(S(=O)(=O)NCC2CC2)C1c1ccc(Cl)cc1. The third-order valence-electron chi connectivity index (χ3n) is 4.07. The summed E-state index contributed by atoms with van der Waals surface area (Å²) in [7, 11) is -1.65. The fourth-order valence-corrected chi connectivity index (χ4v) is 4.32. The molecule has 0 spiro atoms. The van der Waals surface area contributed by atoms with Gasteiger partial charge in [0.2, 0.25) is 10.0 Å². The molecule has 2 atom stereocenters. The molecule has 3 rings (SSSR count). The van der Waals surface area contributed by atoms with Crippen molar-refractivity contribution in [1.82, 2.24) is 9.79 Å². The fourth-order valence-electron chi connectivity index (χ4n) is 2.60. The molecule has 21 heavy (non-hydrogen) atoms. The molecular weight excluding hydrogens is 312 g/mol. The van der Waals surface area contributed by atoms with Gasteiger partial charge in [0, 0.05) is 18.6 Å². The van der Waals surface area contributed by atoms with Crippen molar-refractivity contribution in [3.8, 4) is 0 Å². The third kappa shape index (κ3) is 3.40. The predicted molar refractivity (Wildman–Crippen MR) is 81.3 cm³/mol. The van der Waals surface area contributed by atoms with Crippen molar-refractivity contribution in [3.63, 3.8) is 0 Å². The number of nitrogens with zero attached hydrogens (tertiary/aromatic N) is 1. The van der Waals surface area contributed by atoms with E-state index in [1.165, 1.54) is 0 Å². The lowest BCUT2D eigenvalue weighted by atomic mass is 10.0. The molecule has 1 aromatic carbocycles. The second kappa shape index (κ2) is 5.85. The van der Waals surface area contributed by atoms with Crippen molar-refractivity contribution in [2.45, 2.75) is 24.1 Å². The lowest BCUT2D eigenvalue weighted by molar-refractivity contribution is -0.110. The quantitative estimate of drug-likeness (QED) is 0.896. The number of rotatable bonds is 5. The van der Waals surface area contributed by atoms with Crippen molar-refractivity contribution in [3.05, 3.63) is 34.9 Å². The predicted octanol–water partition coefficient (Wildman–Crippen LogP) is 1.96. The Hall–Kier alpha value is -0.660. The molecule has 1 heterocycles. The molecule has 2 fully saturated rings. The van der Waals surface area contributed by atoms with Crippen LogP contribution in [0.1, 0.15) is 24.4 Å². The first kappa shape index (κ1) is 15.2. The Morgan fingerprint density at radius 3 is 2.62 bits per heavy atom. The Morgan fingerprint density at radius 1 is 1.33 bits per heavy atom. The highest BCUT2D eigenvalue weighted by molar-refractivity contribution is 7.90. The maximum Gasteiger partial charge on any atom is 0.218 e. The van der Waals surface area contributed by atoms with Crippen molar-refractivity contribution < 1.29 is 13.3 Å². The zero-order chi connectivity index (χ0) is 15.0. The summed E-state index contributed by atoms with van der Waals surface area (Å²) in [4.78, 5) is 5.45. The highest BCUT2D eigenvalue weighted by Crippen LogP contribution is 2.34. The largest absolute Gasteiger partial charge is 0.297 e. The van der Waals surface area contributed by atoms with Gasteiger partial charge in [-0.05, 0) is 36.5 Å². The average molecular weight is 331 g/mol. The summed E-state index contributed by atoms with van der Waals surface area (Å²) in [5.74, 6) is 0.508. The van der Waals surface area contributed by atoms with Crippen molar-refractivity contribution in [2.75, 3.05) is 20.2 Å². The highest BCUT2D eigenvalue weighted by atomic mass is 35.5. The van der Waals surface area contributed by atoms with E-state index in [2.05, 4.69) is 4.72 Å². The maximum absolute atomic E-state index is 12.5. The molecule has 2 unspecified atom stereocenters. The van der Waals surface area contributed by atoms with Gasteiger partial charge in [-0.15, -0.1) is 0 Å². The van der Waals surface area contributed by atoms with E-state index in [1.807, 2.05) is 12.1 Å². The van der Waals surface area contributed by atoms with Gasteiger partial charge in [-0.1, -0.05) is 23.7 Å². The van der Waals surface area contributed by atoms with Crippen LogP contribution in [0.3, 0.4) is 0 Å². The standard InChI is InChI=1S/C14H19ClN2O3S/c1-17-14(11-4-6-12(15)7-5-11)13(9-20-17)21(18,19)16-8-10-2-3-10/h4-7,10,13-14,16H,2-3,8-9H2,1H3. The number of sulfonamides is 1. The van der Waals surface area contributed by atoms with E-state index in [9.17, 15) is 8.42 Å². The average Bonchev–Trinajstić information content (AvgIpc) is 3.19. The van der Waals surface area contributed by atoms with Crippen LogP contribution in [0.5, 0.6) is 0 Å². The van der Waals surface area contributed by atoms with E-state index >= 15 is 0 Å². The fraction of sp³-hybridized carbons (Fsp3) is 0.571. The monoisotopic (exact) mass is 330 g/mol. The normalized spacial score (nSPS) is 27.1. The number of hydrogen-bond acceptors (Lipinski definition) is 4. The van der Waals surface area contributed by atoms with E-state index in [0.29, 0.717) is 17.5 Å². The Kier molecular flexibility index (Phi) is 4.25. The highest BCUT2D eigenvalue weighted by Gasteiger charge is 2.43. The van der Waals surface area contributed by atoms with Gasteiger partial charge in [0.05, 0.1) is 12.6 Å². The molecule has 1 saturated carbocycles. The molecule has 1 saturated heterocycles. The Labute approximate surface area is 130 Å². The number of benzene rings is 1. The molecule has 0 amide bonds. The van der Waals surface area contributed by atoms with Crippen LogP contribution in [0.2, 0.25) is 5.02 Å². The van der Waals surface area contributed by atoms with Gasteiger partial charge < -0.3 is 0 Å². The van der Waals surface area contributed by atoms with Crippen LogP contribution >= 0.6 is 11.6 Å². The zero-order valence-electron chi connectivity index (χ0n) is 11.8. The Balaban J connectivity index is 1.80. The van der Waals surface area contributed by atoms with Crippen LogP contribution in [-0.4, -0.2) is 38.9 Å². The van der Waals surface area contributed by atoms with Gasteiger partial charge in [-0.3, -0.25) is 4.84 Å². The Bertz CT molecular complexity index is 601. The van der Waals surface area contributed by atoms with Gasteiger partial charge >= 0.3 is 0 Å². The van der Waals surface area contributed by atoms with Gasteiger partial charge in [0.25, 0.3) is 0 Å². The van der Waals surface area contributed by atoms with Crippen LogP contribution in [0.15, 0.2) is 24.3 Å². The minimum atomic E-state index is -3.41. The molecule has 7 heteroatoms. The van der Waals surface area contributed by atoms with Gasteiger partial charge in [-0.25, -0.2) is 13.1 Å². The van der Waals surface area contributed by atoms with Gasteiger partial charge in [-0.2, -0.15) is 5.06 Å². The zero-order valence-corrected chi connectivity index (χ0v) is 13.4. The molecule has 1 aromatic rings. The molecule has 2 aliphatic rings. The lowest BCUT2D eigenvalue weighted by Crippen LogP contribution is -2.40. The molecule has 1 N–H and O–H groups in total. The van der Waals surface area contributed by atoms with Crippen LogP contribution in [0.4, 0.5) is 0 Å². The summed E-state index contributed by atoms with van der Waals surface area (Å²) in [5, 5.41) is 1.64. The smallest absolute Gasteiger partial charge is 0.218 e. The van der Waals surface area contributed by atoms with E-state index < -0.39 is 15.3 Å². The maximum atomic E-state index is 12.5. The van der Waals surface area contributed by atoms with Crippen molar-refractivity contribution in [1.29, 1.82) is 0 Å². The van der Waals surface area contributed by atoms with Gasteiger partial charge in [0.15, 0.2) is 0 Å². The summed E-state index contributed by atoms with van der Waals surface area (Å²) in [6, 6.07) is 6.91. The topological polar surface area (TPSA) is 58.6 Å². The van der Waals surface area contributed by atoms with E-state index in [0.717, 1.165) is 18.4 Å². The second-order valence-corrected chi connectivity index (χ2v) is 8.13. The molecule has 116 valence electrons. The molecule has 0 aromatic heterocycles. The van der Waals surface area contributed by atoms with E-state index in [4.69, 9.17) is 16.4 Å². The molecule has 5 nitrogen and oxygen atoms in total. The first-order valence-electron chi connectivity index (χ1n) is 7.07. The Morgan fingerprint density at radius 2 is 2.00 bits per heavy atom. The first-order chi connectivity index (χ1) is 9.97. The van der Waals surface area contributed by atoms with E-state index in [-0.39, 0.29) is 12.6 Å². The molecule has 0 bridgehead atoms. The van der Waals surface area contributed by atoms with Crippen LogP contribution < -0.4 is 4.72 Å². The molecular formula is C14H19ClN2O3S. The molecule has 1 aliphatic carbocycles. The third-order valence-corrected chi connectivity index (χ3v) is 6.08. The number of hydroxylamine groups is 2. The van der Waals surface area contributed by atoms with Crippen molar-refractivity contribution in [2.24, 2.45) is 5.92 Å². The molecule has 1 aliphatic heterocycles.